The molecule has 0 unspecified atom stereocenters. The number of benzene rings is 2. The van der Waals surface area contributed by atoms with Gasteiger partial charge in [-0.05, 0) is 68.7 Å². The third-order valence-electron chi connectivity index (χ3n) is 12.3. The van der Waals surface area contributed by atoms with Crippen molar-refractivity contribution in [1.82, 2.24) is 19.6 Å². The minimum Gasteiger partial charge on any atom is -0.470 e. The van der Waals surface area contributed by atoms with Gasteiger partial charge in [-0.2, -0.15) is 18.2 Å². The molecule has 2 aromatic heterocycles. The van der Waals surface area contributed by atoms with Gasteiger partial charge in [-0.1, -0.05) is 49.3 Å². The number of aromatic nitrogens is 2. The smallest absolute Gasteiger partial charge is 0.416 e. The molecule has 5 heterocycles. The number of hydrogen-bond donors (Lipinski definition) is 1. The van der Waals surface area contributed by atoms with Gasteiger partial charge in [-0.25, -0.2) is 18.4 Å². The highest BCUT2D eigenvalue weighted by molar-refractivity contribution is 8.15. The van der Waals surface area contributed by atoms with Crippen molar-refractivity contribution in [1.29, 1.82) is 0 Å². The van der Waals surface area contributed by atoms with Crippen molar-refractivity contribution in [2.45, 2.75) is 94.2 Å². The number of carbonyl (C=O) groups excluding carboxylic acids is 4. The number of nitrogens with one attached hydrogen (secondary N) is 1. The minimum absolute atomic E-state index is 0.00854. The summed E-state index contributed by atoms with van der Waals surface area (Å²) in [7, 11) is -3.91. The van der Waals surface area contributed by atoms with Gasteiger partial charge in [0.2, 0.25) is 27.4 Å². The molecule has 13 nitrogen and oxygen atoms in total. The second-order valence-electron chi connectivity index (χ2n) is 16.6. The summed E-state index contributed by atoms with van der Waals surface area (Å²) in [4.78, 5) is 70.4. The predicted octanol–water partition coefficient (Wildman–Crippen LogP) is 7.18. The van der Waals surface area contributed by atoms with E-state index < -0.39 is 62.2 Å². The number of alkyl halides is 3. The molecule has 61 heavy (non-hydrogen) atoms. The van der Waals surface area contributed by atoms with Crippen LogP contribution in [0.15, 0.2) is 70.1 Å². The number of halogens is 3. The Bertz CT molecular complexity index is 2610. The number of ketones is 1. The Balaban J connectivity index is 1.07. The summed E-state index contributed by atoms with van der Waals surface area (Å²) in [6.07, 6.45) is 3.08. The summed E-state index contributed by atoms with van der Waals surface area (Å²) < 4.78 is 81.3. The van der Waals surface area contributed by atoms with Crippen molar-refractivity contribution >= 4 is 72.4 Å². The molecule has 3 fully saturated rings. The van der Waals surface area contributed by atoms with E-state index in [0.717, 1.165) is 25.0 Å². The molecule has 2 aliphatic carbocycles. The Morgan fingerprint density at radius 2 is 1.80 bits per heavy atom. The first-order valence-electron chi connectivity index (χ1n) is 20.5. The summed E-state index contributed by atoms with van der Waals surface area (Å²) in [5.74, 6) is -2.53. The number of allylic oxidation sites excluding steroid dienone is 2. The van der Waals surface area contributed by atoms with Gasteiger partial charge in [0.05, 0.1) is 39.6 Å². The largest absolute Gasteiger partial charge is 0.470 e. The summed E-state index contributed by atoms with van der Waals surface area (Å²) in [6.45, 7) is -0.0653. The van der Waals surface area contributed by atoms with Crippen LogP contribution in [0.4, 0.5) is 13.2 Å². The molecule has 18 heteroatoms. The van der Waals surface area contributed by atoms with Crippen LogP contribution in [-0.2, 0) is 35.4 Å². The highest BCUT2D eigenvalue weighted by atomic mass is 32.2. The summed E-state index contributed by atoms with van der Waals surface area (Å²) in [5, 5.41) is 0.516. The Morgan fingerprint density at radius 1 is 1.02 bits per heavy atom. The van der Waals surface area contributed by atoms with E-state index in [1.807, 2.05) is 12.2 Å². The number of nitrogens with zero attached hydrogens (tertiary/aromatic N) is 4. The average Bonchev–Trinajstić information content (AvgIpc) is 4.07. The molecule has 1 saturated heterocycles. The Morgan fingerprint density at radius 3 is 2.54 bits per heavy atom. The number of rotatable bonds is 8. The van der Waals surface area contributed by atoms with Crippen molar-refractivity contribution in [2.75, 3.05) is 12.3 Å². The lowest BCUT2D eigenvalue weighted by Gasteiger charge is -2.29. The lowest BCUT2D eigenvalue weighted by Crippen LogP contribution is -2.46. The van der Waals surface area contributed by atoms with Crippen LogP contribution in [0.1, 0.15) is 76.2 Å². The van der Waals surface area contributed by atoms with E-state index in [-0.39, 0.29) is 78.6 Å². The molecular formula is C43H42F3N5O8S2. The maximum atomic E-state index is 14.8. The number of para-hydroxylation sites is 1. The van der Waals surface area contributed by atoms with Crippen molar-refractivity contribution in [2.24, 2.45) is 22.2 Å². The molecule has 9 rings (SSSR count). The maximum absolute atomic E-state index is 14.8. The number of thioether (sulfide) groups is 1. The standard InChI is InChI=1S/C43H42F3N5O8S2/c44-43(45,46)26-14-12-24(13-15-26)38-48-36-30-10-6-7-11-33(30)59-37(36)39(49-38)58-28-19-31-32(52)21-42(41(55)50-61(56,57)29-16-17-29)20-27(42)9-5-3-1-2-4-8-25(40(54)51(31)22-28)18-35-47-34(53)23-60-35/h5-7,9-15,25,27-29,31H,1-4,8,16-23H2,(H,50,55)/b9-5-/t25-,27+,28-,31+,42-/m1/s1. The molecule has 1 N–H and O–H groups in total. The molecule has 2 aromatic carbocycles. The number of carbonyl (C=O) groups is 4. The Kier molecular flexibility index (Phi) is 10.8. The first-order valence-corrected chi connectivity index (χ1v) is 23.0. The number of Topliss-reactive ketones (excluding diaryl/α,β-unsaturated/α-hetero) is 1. The Hall–Kier alpha value is -5.10. The van der Waals surface area contributed by atoms with Crippen molar-refractivity contribution in [3.05, 3.63) is 66.2 Å². The van der Waals surface area contributed by atoms with Crippen LogP contribution in [0.3, 0.4) is 0 Å². The van der Waals surface area contributed by atoms with Gasteiger partial charge in [0.15, 0.2) is 11.6 Å². The van der Waals surface area contributed by atoms with E-state index in [4.69, 9.17) is 9.15 Å². The normalized spacial score (nSPS) is 27.0. The first-order chi connectivity index (χ1) is 29.2. The second kappa shape index (κ2) is 16.0. The lowest BCUT2D eigenvalue weighted by molar-refractivity contribution is -0.142. The SMILES string of the molecule is O=C1CSC(C[C@H]2CCCCC/C=C\[C@H]3C[C@@]3(C(=O)NS(=O)(=O)C3CC3)CC(=O)[C@@H]3C[C@@H](Oc4nc(-c5ccc(C(F)(F)F)cc5)nc5c4oc4ccccc45)CN3C2=O)=N1. The van der Waals surface area contributed by atoms with Gasteiger partial charge in [-0.15, -0.1) is 11.8 Å². The van der Waals surface area contributed by atoms with E-state index in [0.29, 0.717) is 53.6 Å². The van der Waals surface area contributed by atoms with Crippen LogP contribution in [0.2, 0.25) is 0 Å². The third-order valence-corrected chi connectivity index (χ3v) is 15.1. The van der Waals surface area contributed by atoms with E-state index in [1.165, 1.54) is 28.8 Å². The molecule has 2 saturated carbocycles. The molecule has 5 aliphatic rings. The molecule has 0 bridgehead atoms. The zero-order chi connectivity index (χ0) is 42.7. The number of aliphatic imine (C=N–C) groups is 1. The van der Waals surface area contributed by atoms with Crippen molar-refractivity contribution in [3.63, 3.8) is 0 Å². The average molecular weight is 878 g/mol. The van der Waals surface area contributed by atoms with Gasteiger partial charge in [-0.3, -0.25) is 23.9 Å². The van der Waals surface area contributed by atoms with Gasteiger partial charge in [0, 0.05) is 36.1 Å². The van der Waals surface area contributed by atoms with Crippen LogP contribution >= 0.6 is 11.8 Å². The fourth-order valence-electron chi connectivity index (χ4n) is 8.73. The molecule has 3 amide bonds. The van der Waals surface area contributed by atoms with Gasteiger partial charge >= 0.3 is 6.18 Å². The zero-order valence-electron chi connectivity index (χ0n) is 32.9. The van der Waals surface area contributed by atoms with Gasteiger partial charge in [0.1, 0.15) is 17.2 Å². The molecular weight excluding hydrogens is 836 g/mol. The summed E-state index contributed by atoms with van der Waals surface area (Å²) in [6, 6.07) is 10.4. The van der Waals surface area contributed by atoms with Crippen LogP contribution in [-0.4, -0.2) is 81.5 Å². The molecule has 0 spiro atoms. The third kappa shape index (κ3) is 8.44. The minimum atomic E-state index is -4.55. The number of hydrogen-bond acceptors (Lipinski definition) is 11. The van der Waals surface area contributed by atoms with E-state index in [9.17, 15) is 40.8 Å². The van der Waals surface area contributed by atoms with Crippen LogP contribution < -0.4 is 9.46 Å². The number of ether oxygens (including phenoxy) is 1. The topological polar surface area (TPSA) is 178 Å². The zero-order valence-corrected chi connectivity index (χ0v) is 34.5. The van der Waals surface area contributed by atoms with Crippen molar-refractivity contribution in [3.8, 4) is 17.3 Å². The molecule has 0 radical (unpaired) electrons. The second-order valence-corrected chi connectivity index (χ2v) is 19.6. The first kappa shape index (κ1) is 41.3. The fourth-order valence-corrected chi connectivity index (χ4v) is 11.0. The Labute approximate surface area is 353 Å². The molecule has 5 atom stereocenters. The fraction of sp³-hybridized carbons (Fsp3) is 0.465. The molecule has 4 aromatic rings. The highest BCUT2D eigenvalue weighted by Gasteiger charge is 2.61. The lowest BCUT2D eigenvalue weighted by atomic mass is 9.90. The quantitative estimate of drug-likeness (QED) is 0.177. The molecule has 3 aliphatic heterocycles. The van der Waals surface area contributed by atoms with Crippen molar-refractivity contribution < 1.29 is 49.9 Å². The number of sulfonamides is 1. The number of fused-ring (bicyclic) bond motifs is 5. The number of furan rings is 1. The maximum Gasteiger partial charge on any atom is 0.416 e. The van der Waals surface area contributed by atoms with E-state index in [2.05, 4.69) is 19.7 Å². The molecule has 320 valence electrons. The van der Waals surface area contributed by atoms with Crippen LogP contribution in [0, 0.1) is 17.3 Å². The van der Waals surface area contributed by atoms with E-state index >= 15 is 0 Å². The van der Waals surface area contributed by atoms with Crippen LogP contribution in [0.5, 0.6) is 5.88 Å². The summed E-state index contributed by atoms with van der Waals surface area (Å²) >= 11 is 1.29. The monoisotopic (exact) mass is 877 g/mol. The predicted molar refractivity (Wildman–Crippen MR) is 220 cm³/mol. The van der Waals surface area contributed by atoms with E-state index in [1.54, 1.807) is 24.3 Å². The van der Waals surface area contributed by atoms with Gasteiger partial charge < -0.3 is 14.1 Å². The van der Waals surface area contributed by atoms with Gasteiger partial charge in [0.25, 0.3) is 11.8 Å². The van der Waals surface area contributed by atoms with Crippen LogP contribution in [0.25, 0.3) is 33.5 Å². The number of amides is 3. The summed E-state index contributed by atoms with van der Waals surface area (Å²) in [5.41, 5.74) is -0.905. The highest BCUT2D eigenvalue weighted by Crippen LogP contribution is 2.57.